The lowest BCUT2D eigenvalue weighted by Gasteiger charge is -1.96. The third-order valence-electron chi connectivity index (χ3n) is 0.516. The van der Waals surface area contributed by atoms with Gasteiger partial charge in [-0.3, -0.25) is 4.79 Å². The molecular weight excluding hydrogens is 128 g/mol. The second kappa shape index (κ2) is 4.91. The van der Waals surface area contributed by atoms with Gasteiger partial charge in [-0.05, 0) is 13.3 Å². The van der Waals surface area contributed by atoms with Gasteiger partial charge in [0.2, 0.25) is 0 Å². The number of ether oxygens (including phenoxy) is 1. The molecule has 0 saturated heterocycles. The van der Waals surface area contributed by atoms with Crippen LogP contribution in [0.15, 0.2) is 0 Å². The van der Waals surface area contributed by atoms with Gasteiger partial charge in [-0.15, -0.1) is 11.6 Å². The molecule has 0 fully saturated rings. The van der Waals surface area contributed by atoms with Gasteiger partial charge in [-0.25, -0.2) is 0 Å². The van der Waals surface area contributed by atoms with Crippen LogP contribution in [0.2, 0.25) is 0 Å². The zero-order valence-corrected chi connectivity index (χ0v) is 5.28. The fourth-order valence-electron chi connectivity index (χ4n) is 0.225. The maximum atomic E-state index is 10.2. The van der Waals surface area contributed by atoms with E-state index in [0.29, 0.717) is 13.0 Å². The van der Waals surface area contributed by atoms with Crippen LogP contribution >= 0.6 is 11.6 Å². The summed E-state index contributed by atoms with van der Waals surface area (Å²) in [6.45, 7) is 3.84. The molecule has 0 aliphatic carbocycles. The summed E-state index contributed by atoms with van der Waals surface area (Å²) >= 11 is 5.09. The second-order valence-electron chi connectivity index (χ2n) is 1.21. The minimum Gasteiger partial charge on any atom is -0.465 e. The minimum absolute atomic E-state index is 0.0694. The molecule has 0 rings (SSSR count). The van der Waals surface area contributed by atoms with Crippen molar-refractivity contribution in [2.45, 2.75) is 6.42 Å². The van der Waals surface area contributed by atoms with Crippen molar-refractivity contribution in [2.75, 3.05) is 12.5 Å². The van der Waals surface area contributed by atoms with Crippen LogP contribution in [0.5, 0.6) is 0 Å². The summed E-state index contributed by atoms with van der Waals surface area (Å²) < 4.78 is 4.51. The fourth-order valence-corrected chi connectivity index (χ4v) is 0.302. The van der Waals surface area contributed by atoms with Gasteiger partial charge in [-0.2, -0.15) is 0 Å². The Bertz CT molecular complexity index is 72.8. The van der Waals surface area contributed by atoms with E-state index in [1.165, 1.54) is 0 Å². The van der Waals surface area contributed by atoms with Gasteiger partial charge in [-0.1, -0.05) is 0 Å². The van der Waals surface area contributed by atoms with Crippen LogP contribution in [0.25, 0.3) is 0 Å². The molecule has 0 heterocycles. The molecule has 0 aromatic carbocycles. The highest BCUT2D eigenvalue weighted by Gasteiger charge is 1.95. The van der Waals surface area contributed by atoms with Crippen LogP contribution in [0.3, 0.4) is 0 Å². The van der Waals surface area contributed by atoms with Crippen LogP contribution in [0.4, 0.5) is 0 Å². The number of rotatable bonds is 3. The summed E-state index contributed by atoms with van der Waals surface area (Å²) in [4.78, 5) is 10.2. The maximum Gasteiger partial charge on any atom is 0.320 e. The van der Waals surface area contributed by atoms with Gasteiger partial charge < -0.3 is 4.74 Å². The first-order chi connectivity index (χ1) is 3.81. The number of carbonyl (C=O) groups is 1. The normalized spacial score (nSPS) is 8.75. The minimum atomic E-state index is -0.379. The maximum absolute atomic E-state index is 10.2. The van der Waals surface area contributed by atoms with E-state index in [1.54, 1.807) is 0 Å². The lowest BCUT2D eigenvalue weighted by Crippen LogP contribution is -2.05. The summed E-state index contributed by atoms with van der Waals surface area (Å²) in [6.07, 6.45) is 0.600. The molecule has 1 radical (unpaired) electrons. The molecule has 0 unspecified atom stereocenters. The van der Waals surface area contributed by atoms with Crippen molar-refractivity contribution in [3.8, 4) is 0 Å². The molecule has 0 N–H and O–H groups in total. The molecule has 0 aromatic heterocycles. The molecule has 0 atom stereocenters. The zero-order chi connectivity index (χ0) is 6.41. The van der Waals surface area contributed by atoms with E-state index in [1.807, 2.05) is 0 Å². The van der Waals surface area contributed by atoms with Crippen molar-refractivity contribution >= 4 is 17.6 Å². The van der Waals surface area contributed by atoms with Gasteiger partial charge >= 0.3 is 5.97 Å². The van der Waals surface area contributed by atoms with Gasteiger partial charge in [0, 0.05) is 0 Å². The van der Waals surface area contributed by atoms with Crippen molar-refractivity contribution in [2.24, 2.45) is 0 Å². The van der Waals surface area contributed by atoms with E-state index in [0.717, 1.165) is 0 Å². The number of halogens is 1. The molecule has 0 aliphatic heterocycles. The number of carbonyl (C=O) groups excluding carboxylic acids is 1. The highest BCUT2D eigenvalue weighted by atomic mass is 35.5. The predicted octanol–water partition coefficient (Wildman–Crippen LogP) is 0.993. The third-order valence-corrected chi connectivity index (χ3v) is 0.735. The standard InChI is InChI=1S/C5H8ClO2/c1-2-3-8-5(7)4-6/h1-4H2. The largest absolute Gasteiger partial charge is 0.465 e. The predicted molar refractivity (Wildman–Crippen MR) is 31.7 cm³/mol. The molecule has 0 amide bonds. The monoisotopic (exact) mass is 135 g/mol. The van der Waals surface area contributed by atoms with E-state index in [-0.39, 0.29) is 11.8 Å². The molecule has 0 bridgehead atoms. The van der Waals surface area contributed by atoms with Crippen LogP contribution in [-0.4, -0.2) is 18.5 Å². The Kier molecular flexibility index (Phi) is 4.76. The number of hydrogen-bond acceptors (Lipinski definition) is 2. The molecule has 47 valence electrons. The Labute approximate surface area is 53.8 Å². The lowest BCUT2D eigenvalue weighted by atomic mass is 10.5. The first-order valence-corrected chi connectivity index (χ1v) is 2.85. The van der Waals surface area contributed by atoms with Crippen molar-refractivity contribution in [1.82, 2.24) is 0 Å². The van der Waals surface area contributed by atoms with E-state index < -0.39 is 0 Å². The molecule has 0 spiro atoms. The number of hydrogen-bond donors (Lipinski definition) is 0. The van der Waals surface area contributed by atoms with Crippen LogP contribution in [0.1, 0.15) is 6.42 Å². The summed E-state index contributed by atoms with van der Waals surface area (Å²) in [5.74, 6) is -0.449. The summed E-state index contributed by atoms with van der Waals surface area (Å²) in [7, 11) is 0. The van der Waals surface area contributed by atoms with Gasteiger partial charge in [0.05, 0.1) is 6.61 Å². The van der Waals surface area contributed by atoms with Gasteiger partial charge in [0.1, 0.15) is 5.88 Å². The number of esters is 1. The van der Waals surface area contributed by atoms with Crippen molar-refractivity contribution in [1.29, 1.82) is 0 Å². The lowest BCUT2D eigenvalue weighted by molar-refractivity contribution is -0.140. The quantitative estimate of drug-likeness (QED) is 0.426. The molecule has 0 aromatic rings. The Morgan fingerprint density at radius 2 is 2.38 bits per heavy atom. The molecule has 8 heavy (non-hydrogen) atoms. The second-order valence-corrected chi connectivity index (χ2v) is 1.47. The van der Waals surface area contributed by atoms with E-state index >= 15 is 0 Å². The van der Waals surface area contributed by atoms with Gasteiger partial charge in [0.25, 0.3) is 0 Å². The van der Waals surface area contributed by atoms with Crippen LogP contribution in [0, 0.1) is 6.92 Å². The van der Waals surface area contributed by atoms with Gasteiger partial charge in [0.15, 0.2) is 0 Å². The third kappa shape index (κ3) is 3.93. The number of alkyl halides is 1. The molecule has 2 nitrogen and oxygen atoms in total. The summed E-state index contributed by atoms with van der Waals surface area (Å²) in [5.41, 5.74) is 0. The Hall–Kier alpha value is -0.240. The molecular formula is C5H8ClO2. The Morgan fingerprint density at radius 1 is 1.75 bits per heavy atom. The highest BCUT2D eigenvalue weighted by Crippen LogP contribution is 1.83. The smallest absolute Gasteiger partial charge is 0.320 e. The fraction of sp³-hybridized carbons (Fsp3) is 0.600. The first-order valence-electron chi connectivity index (χ1n) is 2.32. The first kappa shape index (κ1) is 7.76. The van der Waals surface area contributed by atoms with Crippen molar-refractivity contribution in [3.05, 3.63) is 6.92 Å². The Balaban J connectivity index is 2.99. The molecule has 0 saturated carbocycles. The Morgan fingerprint density at radius 3 is 2.75 bits per heavy atom. The summed E-state index contributed by atoms with van der Waals surface area (Å²) in [6, 6.07) is 0. The average Bonchev–Trinajstić information content (AvgIpc) is 1.83. The van der Waals surface area contributed by atoms with Crippen LogP contribution < -0.4 is 0 Å². The highest BCUT2D eigenvalue weighted by molar-refractivity contribution is 6.26. The van der Waals surface area contributed by atoms with Crippen molar-refractivity contribution in [3.63, 3.8) is 0 Å². The molecule has 0 aliphatic rings. The molecule has 3 heteroatoms. The van der Waals surface area contributed by atoms with Crippen LogP contribution in [-0.2, 0) is 9.53 Å². The van der Waals surface area contributed by atoms with E-state index in [4.69, 9.17) is 11.6 Å². The van der Waals surface area contributed by atoms with E-state index in [2.05, 4.69) is 11.7 Å². The SMILES string of the molecule is [CH2]CCOC(=O)CCl. The topological polar surface area (TPSA) is 26.3 Å². The average molecular weight is 136 g/mol. The van der Waals surface area contributed by atoms with E-state index in [9.17, 15) is 4.79 Å². The van der Waals surface area contributed by atoms with Crippen molar-refractivity contribution < 1.29 is 9.53 Å². The zero-order valence-electron chi connectivity index (χ0n) is 4.52. The summed E-state index contributed by atoms with van der Waals surface area (Å²) in [5, 5.41) is 0.